The summed E-state index contributed by atoms with van der Waals surface area (Å²) in [6.07, 6.45) is 0.787. The van der Waals surface area contributed by atoms with Crippen molar-refractivity contribution in [2.45, 2.75) is 27.4 Å². The lowest BCUT2D eigenvalue weighted by Gasteiger charge is -2.24. The van der Waals surface area contributed by atoms with E-state index in [9.17, 15) is 4.57 Å². The molecule has 0 amide bonds. The molecule has 3 aromatic carbocycles. The first-order valence-corrected chi connectivity index (χ1v) is 12.6. The van der Waals surface area contributed by atoms with E-state index >= 15 is 0 Å². The monoisotopic (exact) mass is 436 g/mol. The Bertz CT molecular complexity index is 1100. The summed E-state index contributed by atoms with van der Waals surface area (Å²) in [6, 6.07) is 21.8. The minimum atomic E-state index is -2.78. The maximum absolute atomic E-state index is 14.1. The number of hydrogen-bond donors (Lipinski definition) is 0. The molecule has 162 valence electrons. The van der Waals surface area contributed by atoms with Gasteiger partial charge < -0.3 is 18.8 Å². The van der Waals surface area contributed by atoms with Crippen LogP contribution >= 0.6 is 7.14 Å². The van der Waals surface area contributed by atoms with Crippen molar-refractivity contribution in [3.8, 4) is 28.4 Å². The predicted molar refractivity (Wildman–Crippen MR) is 126 cm³/mol. The zero-order valence-electron chi connectivity index (χ0n) is 18.6. The Hall–Kier alpha value is -2.71. The van der Waals surface area contributed by atoms with Crippen molar-refractivity contribution in [3.63, 3.8) is 0 Å². The third kappa shape index (κ3) is 4.65. The lowest BCUT2D eigenvalue weighted by molar-refractivity contribution is 0.308. The first-order valence-electron chi connectivity index (χ1n) is 10.5. The highest BCUT2D eigenvalue weighted by molar-refractivity contribution is 7.72. The minimum absolute atomic E-state index is 0.0900. The lowest BCUT2D eigenvalue weighted by Crippen LogP contribution is -2.18. The van der Waals surface area contributed by atoms with Crippen LogP contribution < -0.4 is 19.5 Å². The summed E-state index contributed by atoms with van der Waals surface area (Å²) in [5.41, 5.74) is 2.90. The smallest absolute Gasteiger partial charge is 0.158 e. The van der Waals surface area contributed by atoms with Gasteiger partial charge in [-0.3, -0.25) is 0 Å². The number of ether oxygens (including phenoxy) is 3. The van der Waals surface area contributed by atoms with Crippen LogP contribution in [0.3, 0.4) is 0 Å². The molecular formula is C26H29O4P. The van der Waals surface area contributed by atoms with E-state index in [1.807, 2.05) is 66.7 Å². The van der Waals surface area contributed by atoms with E-state index in [0.717, 1.165) is 27.7 Å². The molecule has 3 aromatic rings. The second kappa shape index (κ2) is 8.43. The van der Waals surface area contributed by atoms with Crippen LogP contribution in [-0.2, 0) is 11.2 Å². The standard InChI is InChI=1S/C26H29O4P/c1-26(2,3)17-31(27)18-30-24-22(20-10-12-21(28-4)13-11-20)14-15-23(25(24)31)29-16-19-8-6-5-7-9-19/h5-15H,16-18H2,1-4H3/t31-/m1/s1. The Balaban J connectivity index is 1.77. The topological polar surface area (TPSA) is 44.8 Å². The number of rotatable bonds is 6. The third-order valence-electron chi connectivity index (χ3n) is 5.29. The normalized spacial score (nSPS) is 17.7. The highest BCUT2D eigenvalue weighted by atomic mass is 31.2. The molecule has 0 saturated carbocycles. The molecule has 5 heteroatoms. The van der Waals surface area contributed by atoms with Gasteiger partial charge in [-0.2, -0.15) is 0 Å². The summed E-state index contributed by atoms with van der Waals surface area (Å²) in [4.78, 5) is 0. The van der Waals surface area contributed by atoms with Gasteiger partial charge in [0.25, 0.3) is 0 Å². The van der Waals surface area contributed by atoms with Gasteiger partial charge in [0, 0.05) is 11.7 Å². The van der Waals surface area contributed by atoms with Crippen molar-refractivity contribution < 1.29 is 18.8 Å². The van der Waals surface area contributed by atoms with Crippen LogP contribution in [0.15, 0.2) is 66.7 Å². The molecule has 1 heterocycles. The van der Waals surface area contributed by atoms with Gasteiger partial charge >= 0.3 is 0 Å². The van der Waals surface area contributed by atoms with E-state index in [-0.39, 0.29) is 11.8 Å². The van der Waals surface area contributed by atoms with Gasteiger partial charge in [0.2, 0.25) is 0 Å². The Morgan fingerprint density at radius 3 is 2.32 bits per heavy atom. The summed E-state index contributed by atoms with van der Waals surface area (Å²) < 4.78 is 31.7. The highest BCUT2D eigenvalue weighted by Gasteiger charge is 2.42. The molecule has 1 aliphatic rings. The van der Waals surface area contributed by atoms with E-state index < -0.39 is 7.14 Å². The molecule has 0 unspecified atom stereocenters. The first kappa shape index (κ1) is 21.5. The lowest BCUT2D eigenvalue weighted by atomic mass is 10.0. The van der Waals surface area contributed by atoms with Gasteiger partial charge in [-0.1, -0.05) is 63.2 Å². The van der Waals surface area contributed by atoms with E-state index in [1.54, 1.807) is 7.11 Å². The van der Waals surface area contributed by atoms with Gasteiger partial charge in [-0.15, -0.1) is 0 Å². The van der Waals surface area contributed by atoms with E-state index in [4.69, 9.17) is 14.2 Å². The van der Waals surface area contributed by atoms with Gasteiger partial charge in [0.1, 0.15) is 30.2 Å². The van der Waals surface area contributed by atoms with Crippen LogP contribution in [0.25, 0.3) is 11.1 Å². The average Bonchev–Trinajstić information content (AvgIpc) is 3.09. The number of hydrogen-bond acceptors (Lipinski definition) is 4. The van der Waals surface area contributed by atoms with Crippen molar-refractivity contribution in [1.29, 1.82) is 0 Å². The molecule has 0 aromatic heterocycles. The van der Waals surface area contributed by atoms with Crippen molar-refractivity contribution in [3.05, 3.63) is 72.3 Å². The van der Waals surface area contributed by atoms with Crippen molar-refractivity contribution in [2.24, 2.45) is 5.41 Å². The Labute approximate surface area is 184 Å². The molecule has 0 fully saturated rings. The maximum Gasteiger partial charge on any atom is 0.158 e. The second-order valence-corrected chi connectivity index (χ2v) is 12.0. The summed E-state index contributed by atoms with van der Waals surface area (Å²) in [6.45, 7) is 6.76. The highest BCUT2D eigenvalue weighted by Crippen LogP contribution is 2.59. The van der Waals surface area contributed by atoms with Gasteiger partial charge in [0.15, 0.2) is 7.14 Å². The molecule has 0 N–H and O–H groups in total. The summed E-state index contributed by atoms with van der Waals surface area (Å²) >= 11 is 0. The molecule has 0 radical (unpaired) electrons. The molecule has 4 rings (SSSR count). The molecule has 1 aliphatic heterocycles. The van der Waals surface area contributed by atoms with Gasteiger partial charge in [-0.05, 0) is 40.8 Å². The average molecular weight is 436 g/mol. The fourth-order valence-electron chi connectivity index (χ4n) is 4.06. The maximum atomic E-state index is 14.1. The number of benzene rings is 3. The van der Waals surface area contributed by atoms with Crippen molar-refractivity contribution in [2.75, 3.05) is 19.6 Å². The van der Waals surface area contributed by atoms with Crippen LogP contribution in [0.4, 0.5) is 0 Å². The largest absolute Gasteiger partial charge is 0.497 e. The fraction of sp³-hybridized carbons (Fsp3) is 0.308. The van der Waals surface area contributed by atoms with Crippen LogP contribution in [0.1, 0.15) is 26.3 Å². The third-order valence-corrected chi connectivity index (χ3v) is 8.53. The Morgan fingerprint density at radius 1 is 0.968 bits per heavy atom. The summed E-state index contributed by atoms with van der Waals surface area (Å²) in [5.74, 6) is 2.13. The molecule has 0 saturated heterocycles. The molecule has 4 nitrogen and oxygen atoms in total. The summed E-state index contributed by atoms with van der Waals surface area (Å²) in [5, 5.41) is 0.742. The number of methoxy groups -OCH3 is 1. The fourth-order valence-corrected chi connectivity index (χ4v) is 7.40. The molecule has 0 spiro atoms. The van der Waals surface area contributed by atoms with Gasteiger partial charge in [0.05, 0.1) is 12.4 Å². The second-order valence-electron chi connectivity index (χ2n) is 9.17. The summed E-state index contributed by atoms with van der Waals surface area (Å²) in [7, 11) is -1.12. The van der Waals surface area contributed by atoms with Gasteiger partial charge in [-0.25, -0.2) is 0 Å². The molecule has 0 bridgehead atoms. The van der Waals surface area contributed by atoms with Crippen LogP contribution in [-0.4, -0.2) is 19.6 Å². The predicted octanol–water partition coefficient (Wildman–Crippen LogP) is 6.33. The van der Waals surface area contributed by atoms with E-state index in [1.165, 1.54) is 0 Å². The quantitative estimate of drug-likeness (QED) is 0.424. The zero-order chi connectivity index (χ0) is 22.1. The van der Waals surface area contributed by atoms with Crippen LogP contribution in [0.5, 0.6) is 17.2 Å². The SMILES string of the molecule is COc1ccc(-c2ccc(OCc3ccccc3)c3c2OC[P@]3(=O)CC(C)(C)C)cc1. The van der Waals surface area contributed by atoms with E-state index in [2.05, 4.69) is 20.8 Å². The molecule has 1 atom stereocenters. The van der Waals surface area contributed by atoms with Crippen LogP contribution in [0, 0.1) is 5.41 Å². The first-order chi connectivity index (χ1) is 14.8. The molecule has 0 aliphatic carbocycles. The molecule has 31 heavy (non-hydrogen) atoms. The van der Waals surface area contributed by atoms with Crippen LogP contribution in [0.2, 0.25) is 0 Å². The Kier molecular flexibility index (Phi) is 5.85. The Morgan fingerprint density at radius 2 is 1.68 bits per heavy atom. The molecular weight excluding hydrogens is 407 g/mol. The van der Waals surface area contributed by atoms with E-state index in [0.29, 0.717) is 24.3 Å². The zero-order valence-corrected chi connectivity index (χ0v) is 19.4. The van der Waals surface area contributed by atoms with Crippen molar-refractivity contribution in [1.82, 2.24) is 0 Å². The minimum Gasteiger partial charge on any atom is -0.497 e. The van der Waals surface area contributed by atoms with Crippen molar-refractivity contribution >= 4 is 12.4 Å². The number of fused-ring (bicyclic) bond motifs is 1.